The minimum Gasteiger partial charge on any atom is -0.398 e. The number of anilines is 1. The van der Waals surface area contributed by atoms with Gasteiger partial charge >= 0.3 is 0 Å². The number of nitrogen functional groups attached to an aromatic ring is 1. The number of aromatic nitrogens is 3. The fourth-order valence-corrected chi connectivity index (χ4v) is 1.68. The average Bonchev–Trinajstić information content (AvgIpc) is 2.65. The minimum atomic E-state index is 0.727. The number of hydrogen-bond acceptors (Lipinski definition) is 3. The summed E-state index contributed by atoms with van der Waals surface area (Å²) in [4.78, 5) is 11.5. The second-order valence-corrected chi connectivity index (χ2v) is 3.16. The molecular weight excluding hydrogens is 176 g/mol. The maximum Gasteiger partial charge on any atom is 0.116 e. The third-order valence-corrected chi connectivity index (χ3v) is 2.33. The van der Waals surface area contributed by atoms with Crippen LogP contribution in [0.1, 0.15) is 0 Å². The van der Waals surface area contributed by atoms with Crippen LogP contribution in [0.2, 0.25) is 0 Å². The van der Waals surface area contributed by atoms with Gasteiger partial charge in [-0.3, -0.25) is 0 Å². The lowest BCUT2D eigenvalue weighted by Crippen LogP contribution is -1.89. The number of H-pyrrole nitrogens is 1. The zero-order valence-electron chi connectivity index (χ0n) is 7.36. The van der Waals surface area contributed by atoms with Gasteiger partial charge in [-0.25, -0.2) is 9.97 Å². The minimum absolute atomic E-state index is 0.727. The van der Waals surface area contributed by atoms with Gasteiger partial charge in [-0.15, -0.1) is 0 Å². The molecule has 68 valence electrons. The van der Waals surface area contributed by atoms with Gasteiger partial charge in [-0.1, -0.05) is 0 Å². The van der Waals surface area contributed by atoms with Crippen LogP contribution in [0.5, 0.6) is 0 Å². The highest BCUT2D eigenvalue weighted by atomic mass is 14.9. The van der Waals surface area contributed by atoms with Crippen LogP contribution in [0.3, 0.4) is 0 Å². The molecule has 0 saturated heterocycles. The van der Waals surface area contributed by atoms with Gasteiger partial charge in [0.25, 0.3) is 0 Å². The van der Waals surface area contributed by atoms with E-state index in [1.165, 1.54) is 0 Å². The number of fused-ring (bicyclic) bond motifs is 3. The second-order valence-electron chi connectivity index (χ2n) is 3.16. The van der Waals surface area contributed by atoms with Gasteiger partial charge in [0.2, 0.25) is 0 Å². The molecule has 4 nitrogen and oxygen atoms in total. The normalized spacial score (nSPS) is 11.1. The van der Waals surface area contributed by atoms with Crippen molar-refractivity contribution in [1.29, 1.82) is 0 Å². The highest BCUT2D eigenvalue weighted by Gasteiger charge is 2.05. The van der Waals surface area contributed by atoms with Gasteiger partial charge in [0.1, 0.15) is 11.8 Å². The van der Waals surface area contributed by atoms with Crippen LogP contribution in [0.4, 0.5) is 5.69 Å². The van der Waals surface area contributed by atoms with E-state index in [-0.39, 0.29) is 0 Å². The first-order valence-electron chi connectivity index (χ1n) is 4.32. The summed E-state index contributed by atoms with van der Waals surface area (Å²) in [6.07, 6.45) is 3.37. The van der Waals surface area contributed by atoms with Gasteiger partial charge in [-0.05, 0) is 18.2 Å². The molecule has 1 aromatic carbocycles. The summed E-state index contributed by atoms with van der Waals surface area (Å²) in [5.74, 6) is 0. The molecule has 2 aromatic heterocycles. The van der Waals surface area contributed by atoms with Crippen LogP contribution in [-0.2, 0) is 0 Å². The van der Waals surface area contributed by atoms with Crippen molar-refractivity contribution in [1.82, 2.24) is 15.0 Å². The molecule has 0 aliphatic heterocycles. The number of rotatable bonds is 0. The fraction of sp³-hybridized carbons (Fsp3) is 0. The zero-order chi connectivity index (χ0) is 9.54. The molecular formula is C10H8N4. The van der Waals surface area contributed by atoms with Gasteiger partial charge in [0.15, 0.2) is 0 Å². The summed E-state index contributed by atoms with van der Waals surface area (Å²) >= 11 is 0. The predicted molar refractivity (Wildman–Crippen MR) is 55.8 cm³/mol. The molecule has 0 radical (unpaired) electrons. The molecule has 0 spiro atoms. The molecule has 0 aliphatic carbocycles. The number of benzene rings is 1. The fourth-order valence-electron chi connectivity index (χ4n) is 1.68. The van der Waals surface area contributed by atoms with Gasteiger partial charge in [0.05, 0.1) is 5.52 Å². The Kier molecular flexibility index (Phi) is 1.28. The number of pyridine rings is 1. The van der Waals surface area contributed by atoms with Gasteiger partial charge in [-0.2, -0.15) is 0 Å². The molecule has 0 unspecified atom stereocenters. The van der Waals surface area contributed by atoms with E-state index in [9.17, 15) is 0 Å². The Bertz CT molecular complexity index is 612. The Balaban J connectivity index is 2.67. The van der Waals surface area contributed by atoms with E-state index >= 15 is 0 Å². The maximum absolute atomic E-state index is 5.89. The van der Waals surface area contributed by atoms with Crippen molar-refractivity contribution >= 4 is 27.6 Å². The number of nitrogens with two attached hydrogens (primary N) is 1. The molecule has 14 heavy (non-hydrogen) atoms. The van der Waals surface area contributed by atoms with E-state index in [0.717, 1.165) is 27.6 Å². The Morgan fingerprint density at radius 2 is 2.07 bits per heavy atom. The maximum atomic E-state index is 5.89. The van der Waals surface area contributed by atoms with Crippen molar-refractivity contribution in [3.8, 4) is 0 Å². The topological polar surface area (TPSA) is 67.6 Å². The van der Waals surface area contributed by atoms with Crippen LogP contribution in [0.15, 0.2) is 30.7 Å². The summed E-state index contributed by atoms with van der Waals surface area (Å²) in [6.45, 7) is 0. The first-order chi connectivity index (χ1) is 6.86. The number of nitrogens with one attached hydrogen (secondary N) is 1. The van der Waals surface area contributed by atoms with Crippen LogP contribution in [0, 0.1) is 0 Å². The third-order valence-electron chi connectivity index (χ3n) is 2.33. The molecule has 3 N–H and O–H groups in total. The van der Waals surface area contributed by atoms with Crippen LogP contribution in [0.25, 0.3) is 21.9 Å². The summed E-state index contributed by atoms with van der Waals surface area (Å²) in [6, 6.07) is 5.72. The lowest BCUT2D eigenvalue weighted by Gasteiger charge is -2.01. The number of imidazole rings is 1. The van der Waals surface area contributed by atoms with E-state index in [4.69, 9.17) is 5.73 Å². The lowest BCUT2D eigenvalue weighted by molar-refractivity contribution is 1.35. The molecule has 0 atom stereocenters. The summed E-state index contributed by atoms with van der Waals surface area (Å²) in [5.41, 5.74) is 9.34. The van der Waals surface area contributed by atoms with Crippen molar-refractivity contribution in [2.45, 2.75) is 0 Å². The van der Waals surface area contributed by atoms with Crippen molar-refractivity contribution in [2.75, 3.05) is 5.73 Å². The number of aromatic amines is 1. The van der Waals surface area contributed by atoms with Crippen molar-refractivity contribution in [3.05, 3.63) is 30.7 Å². The molecule has 3 rings (SSSR count). The predicted octanol–water partition coefficient (Wildman–Crippen LogP) is 1.69. The Labute approximate surface area is 79.8 Å². The summed E-state index contributed by atoms with van der Waals surface area (Å²) < 4.78 is 0. The molecule has 3 aromatic rings. The van der Waals surface area contributed by atoms with Crippen molar-refractivity contribution < 1.29 is 0 Å². The monoisotopic (exact) mass is 184 g/mol. The summed E-state index contributed by atoms with van der Waals surface area (Å²) in [7, 11) is 0. The van der Waals surface area contributed by atoms with Crippen molar-refractivity contribution in [3.63, 3.8) is 0 Å². The quantitative estimate of drug-likeness (QED) is 0.558. The molecule has 0 saturated carbocycles. The molecule has 4 heteroatoms. The SMILES string of the molecule is Nc1cc[nH]c2ccc3ncnc3c12. The smallest absolute Gasteiger partial charge is 0.116 e. The number of nitrogens with zero attached hydrogens (tertiary/aromatic N) is 2. The Morgan fingerprint density at radius 3 is 3.00 bits per heavy atom. The highest BCUT2D eigenvalue weighted by molar-refractivity contribution is 6.08. The van der Waals surface area contributed by atoms with Crippen LogP contribution < -0.4 is 5.73 Å². The van der Waals surface area contributed by atoms with E-state index in [1.54, 1.807) is 6.33 Å². The average molecular weight is 184 g/mol. The van der Waals surface area contributed by atoms with Crippen LogP contribution in [-0.4, -0.2) is 15.0 Å². The first-order valence-corrected chi connectivity index (χ1v) is 4.32. The zero-order valence-corrected chi connectivity index (χ0v) is 7.36. The Morgan fingerprint density at radius 1 is 1.14 bits per heavy atom. The van der Waals surface area contributed by atoms with E-state index in [1.807, 2.05) is 24.4 Å². The van der Waals surface area contributed by atoms with Crippen molar-refractivity contribution in [2.24, 2.45) is 0 Å². The number of hydrogen-bond donors (Lipinski definition) is 2. The van der Waals surface area contributed by atoms with Gasteiger partial charge < -0.3 is 10.7 Å². The molecule has 0 amide bonds. The molecule has 0 aliphatic rings. The standard InChI is InChI=1S/C10H8N4/c11-6-3-4-12-7-1-2-8-10(9(6)7)14-5-13-8/h1-5,12H,11H2. The Hall–Kier alpha value is -2.10. The third kappa shape index (κ3) is 0.821. The highest BCUT2D eigenvalue weighted by Crippen LogP contribution is 2.25. The summed E-state index contributed by atoms with van der Waals surface area (Å²) in [5, 5.41) is 0.947. The largest absolute Gasteiger partial charge is 0.398 e. The molecule has 0 bridgehead atoms. The molecule has 0 fully saturated rings. The van der Waals surface area contributed by atoms with E-state index in [2.05, 4.69) is 15.0 Å². The van der Waals surface area contributed by atoms with E-state index < -0.39 is 0 Å². The van der Waals surface area contributed by atoms with Gasteiger partial charge in [0, 0.05) is 22.8 Å². The molecule has 2 heterocycles. The van der Waals surface area contributed by atoms with Crippen LogP contribution >= 0.6 is 0 Å². The lowest BCUT2D eigenvalue weighted by atomic mass is 10.1. The second kappa shape index (κ2) is 2.45. The van der Waals surface area contributed by atoms with E-state index in [0.29, 0.717) is 0 Å². The first kappa shape index (κ1) is 7.32.